The summed E-state index contributed by atoms with van der Waals surface area (Å²) in [6.45, 7) is 2.68. The molecule has 1 aliphatic carbocycles. The summed E-state index contributed by atoms with van der Waals surface area (Å²) < 4.78 is 41.3. The van der Waals surface area contributed by atoms with Crippen LogP contribution in [-0.4, -0.2) is 50.0 Å². The number of anilines is 2. The number of H-pyrrole nitrogens is 1. The Kier molecular flexibility index (Phi) is 8.09. The van der Waals surface area contributed by atoms with Crippen molar-refractivity contribution in [1.29, 1.82) is 0 Å². The summed E-state index contributed by atoms with van der Waals surface area (Å²) in [7, 11) is 0. The molecule has 40 heavy (non-hydrogen) atoms. The third-order valence-electron chi connectivity index (χ3n) is 7.04. The van der Waals surface area contributed by atoms with Crippen molar-refractivity contribution in [2.24, 2.45) is 0 Å². The van der Waals surface area contributed by atoms with Gasteiger partial charge in [-0.2, -0.15) is 5.21 Å². The molecule has 0 radical (unpaired) electrons. The third-order valence-corrected chi connectivity index (χ3v) is 7.04. The molecule has 4 aromatic rings. The normalized spacial score (nSPS) is 15.1. The van der Waals surface area contributed by atoms with E-state index in [1.54, 1.807) is 0 Å². The van der Waals surface area contributed by atoms with Gasteiger partial charge in [0, 0.05) is 42.2 Å². The summed E-state index contributed by atoms with van der Waals surface area (Å²) in [6.07, 6.45) is 1.24. The van der Waals surface area contributed by atoms with Gasteiger partial charge in [-0.15, -0.1) is 10.2 Å². The van der Waals surface area contributed by atoms with Crippen LogP contribution in [0.5, 0.6) is 0 Å². The molecule has 2 aromatic heterocycles. The second-order valence-electron chi connectivity index (χ2n) is 10.0. The first kappa shape index (κ1) is 27.3. The van der Waals surface area contributed by atoms with E-state index in [1.807, 2.05) is 43.3 Å². The summed E-state index contributed by atoms with van der Waals surface area (Å²) in [6, 6.07) is 16.7. The largest absolute Gasteiger partial charge is 0.354 e. The predicted octanol–water partition coefficient (Wildman–Crippen LogP) is 6.04. The highest BCUT2D eigenvalue weighted by Gasteiger charge is 2.37. The number of halogens is 3. The van der Waals surface area contributed by atoms with Crippen LogP contribution < -0.4 is 10.2 Å². The number of amides is 1. The van der Waals surface area contributed by atoms with Crippen LogP contribution in [0.15, 0.2) is 60.7 Å². The molecule has 0 atom stereocenters. The van der Waals surface area contributed by atoms with Crippen LogP contribution in [0.1, 0.15) is 44.6 Å². The number of benzene rings is 2. The van der Waals surface area contributed by atoms with Crippen molar-refractivity contribution in [2.75, 3.05) is 16.8 Å². The SMILES string of the molecule is CCCN(c1cc(CC(=O)Nc2ccc(F)cc2)cc(-c2ccccc2-c2nn[nH]n2)n1)C1CCC(F)(F)CC1. The van der Waals surface area contributed by atoms with Gasteiger partial charge in [0.05, 0.1) is 12.1 Å². The second kappa shape index (κ2) is 11.8. The molecule has 1 saturated carbocycles. The van der Waals surface area contributed by atoms with Crippen molar-refractivity contribution < 1.29 is 18.0 Å². The molecule has 0 spiro atoms. The van der Waals surface area contributed by atoms with E-state index in [9.17, 15) is 18.0 Å². The minimum Gasteiger partial charge on any atom is -0.354 e. The summed E-state index contributed by atoms with van der Waals surface area (Å²) in [5, 5.41) is 17.2. The molecule has 0 bridgehead atoms. The molecule has 0 unspecified atom stereocenters. The van der Waals surface area contributed by atoms with Gasteiger partial charge in [-0.3, -0.25) is 4.79 Å². The Hall–Kier alpha value is -4.28. The summed E-state index contributed by atoms with van der Waals surface area (Å²) in [5.74, 6) is -2.28. The van der Waals surface area contributed by atoms with E-state index in [2.05, 4.69) is 30.8 Å². The van der Waals surface area contributed by atoms with Gasteiger partial charge in [-0.05, 0) is 66.4 Å². The Balaban J connectivity index is 1.52. The van der Waals surface area contributed by atoms with Crippen LogP contribution >= 0.6 is 0 Å². The van der Waals surface area contributed by atoms with E-state index in [0.29, 0.717) is 53.5 Å². The second-order valence-corrected chi connectivity index (χ2v) is 10.0. The zero-order chi connectivity index (χ0) is 28.1. The molecule has 2 aromatic carbocycles. The highest BCUT2D eigenvalue weighted by Crippen LogP contribution is 2.37. The van der Waals surface area contributed by atoms with Gasteiger partial charge in [0.25, 0.3) is 0 Å². The topological polar surface area (TPSA) is 99.7 Å². The molecule has 5 rings (SSSR count). The Morgan fingerprint density at radius 2 is 1.80 bits per heavy atom. The van der Waals surface area contributed by atoms with Crippen LogP contribution in [0.25, 0.3) is 22.6 Å². The molecule has 1 aliphatic rings. The van der Waals surface area contributed by atoms with E-state index in [0.717, 1.165) is 12.0 Å². The monoisotopic (exact) mass is 549 g/mol. The van der Waals surface area contributed by atoms with Crippen molar-refractivity contribution in [3.8, 4) is 22.6 Å². The third kappa shape index (κ3) is 6.47. The number of nitrogens with one attached hydrogen (secondary N) is 2. The fourth-order valence-corrected chi connectivity index (χ4v) is 5.12. The van der Waals surface area contributed by atoms with Gasteiger partial charge in [-0.25, -0.2) is 18.2 Å². The van der Waals surface area contributed by atoms with Crippen molar-refractivity contribution >= 4 is 17.4 Å². The van der Waals surface area contributed by atoms with Crippen LogP contribution in [0.4, 0.5) is 24.7 Å². The average molecular weight is 550 g/mol. The Labute approximate surface area is 230 Å². The molecule has 0 aliphatic heterocycles. The van der Waals surface area contributed by atoms with Gasteiger partial charge in [0.15, 0.2) is 0 Å². The number of carbonyl (C=O) groups excluding carboxylic acids is 1. The first-order chi connectivity index (χ1) is 19.3. The number of tetrazole rings is 1. The minimum absolute atomic E-state index is 0.0347. The lowest BCUT2D eigenvalue weighted by molar-refractivity contribution is -0.115. The van der Waals surface area contributed by atoms with E-state index in [4.69, 9.17) is 4.98 Å². The quantitative estimate of drug-likeness (QED) is 0.264. The van der Waals surface area contributed by atoms with Crippen LogP contribution in [0, 0.1) is 5.82 Å². The number of carbonyl (C=O) groups is 1. The zero-order valence-electron chi connectivity index (χ0n) is 22.1. The number of aromatic nitrogens is 5. The Morgan fingerprint density at radius 1 is 1.07 bits per heavy atom. The van der Waals surface area contributed by atoms with Crippen LogP contribution in [-0.2, 0) is 11.2 Å². The highest BCUT2D eigenvalue weighted by atomic mass is 19.3. The summed E-state index contributed by atoms with van der Waals surface area (Å²) in [4.78, 5) is 20.1. The molecule has 8 nitrogen and oxygen atoms in total. The zero-order valence-corrected chi connectivity index (χ0v) is 22.1. The summed E-state index contributed by atoms with van der Waals surface area (Å²) >= 11 is 0. The van der Waals surface area contributed by atoms with Crippen molar-refractivity contribution in [3.63, 3.8) is 0 Å². The summed E-state index contributed by atoms with van der Waals surface area (Å²) in [5.41, 5.74) is 3.24. The number of pyridine rings is 1. The number of hydrogen-bond donors (Lipinski definition) is 2. The molecule has 1 fully saturated rings. The van der Waals surface area contributed by atoms with Gasteiger partial charge >= 0.3 is 0 Å². The molecule has 2 heterocycles. The van der Waals surface area contributed by atoms with Gasteiger partial charge in [-0.1, -0.05) is 31.2 Å². The smallest absolute Gasteiger partial charge is 0.248 e. The number of aromatic amines is 1. The minimum atomic E-state index is -2.64. The maximum absolute atomic E-state index is 14.0. The molecule has 1 amide bonds. The maximum atomic E-state index is 14.0. The lowest BCUT2D eigenvalue weighted by atomic mass is 9.91. The molecule has 0 saturated heterocycles. The van der Waals surface area contributed by atoms with E-state index in [-0.39, 0.29) is 31.2 Å². The molecular formula is C29H30F3N7O. The Bertz CT molecular complexity index is 1430. The lowest BCUT2D eigenvalue weighted by Gasteiger charge is -2.38. The van der Waals surface area contributed by atoms with Crippen molar-refractivity contribution in [1.82, 2.24) is 25.6 Å². The van der Waals surface area contributed by atoms with E-state index >= 15 is 0 Å². The number of nitrogens with zero attached hydrogens (tertiary/aromatic N) is 5. The molecule has 2 N–H and O–H groups in total. The number of alkyl halides is 2. The predicted molar refractivity (Wildman–Crippen MR) is 146 cm³/mol. The van der Waals surface area contributed by atoms with E-state index < -0.39 is 11.7 Å². The molecule has 208 valence electrons. The lowest BCUT2D eigenvalue weighted by Crippen LogP contribution is -2.41. The first-order valence-electron chi connectivity index (χ1n) is 13.4. The van der Waals surface area contributed by atoms with Gasteiger partial charge in [0.2, 0.25) is 17.7 Å². The van der Waals surface area contributed by atoms with E-state index in [1.165, 1.54) is 24.3 Å². The average Bonchev–Trinajstić information content (AvgIpc) is 3.48. The first-order valence-corrected chi connectivity index (χ1v) is 13.4. The van der Waals surface area contributed by atoms with Crippen LogP contribution in [0.3, 0.4) is 0 Å². The Morgan fingerprint density at radius 3 is 2.48 bits per heavy atom. The maximum Gasteiger partial charge on any atom is 0.248 e. The number of hydrogen-bond acceptors (Lipinski definition) is 6. The molecule has 11 heteroatoms. The van der Waals surface area contributed by atoms with Crippen LogP contribution in [0.2, 0.25) is 0 Å². The fraction of sp³-hybridized carbons (Fsp3) is 0.345. The number of rotatable bonds is 9. The standard InChI is InChI=1S/C29H30F3N7O/c1-2-15-39(22-11-13-29(31,32)14-12-22)26-17-19(18-27(40)33-21-9-7-20(30)8-10-21)16-25(34-26)23-5-3-4-6-24(23)28-35-37-38-36-28/h3-10,16-17,22H,2,11-15,18H2,1H3,(H,33,40)(H,35,36,37,38). The molecular weight excluding hydrogens is 519 g/mol. The van der Waals surface area contributed by atoms with Crippen molar-refractivity contribution in [2.45, 2.75) is 57.4 Å². The highest BCUT2D eigenvalue weighted by molar-refractivity contribution is 5.92. The van der Waals surface area contributed by atoms with Gasteiger partial charge < -0.3 is 10.2 Å². The van der Waals surface area contributed by atoms with Gasteiger partial charge in [0.1, 0.15) is 11.6 Å². The fourth-order valence-electron chi connectivity index (χ4n) is 5.12. The van der Waals surface area contributed by atoms with Crippen molar-refractivity contribution in [3.05, 3.63) is 72.0 Å².